The van der Waals surface area contributed by atoms with Crippen LogP contribution in [0, 0.1) is 0 Å². The summed E-state index contributed by atoms with van der Waals surface area (Å²) in [6.45, 7) is 0. The van der Waals surface area contributed by atoms with Crippen molar-refractivity contribution in [1.29, 1.82) is 0 Å². The lowest BCUT2D eigenvalue weighted by Gasteiger charge is -2.25. The van der Waals surface area contributed by atoms with E-state index in [0.717, 1.165) is 34.3 Å². The predicted molar refractivity (Wildman–Crippen MR) is 131 cm³/mol. The number of hydrogen-bond donors (Lipinski definition) is 2. The van der Waals surface area contributed by atoms with E-state index < -0.39 is 0 Å². The van der Waals surface area contributed by atoms with Crippen LogP contribution in [0.25, 0.3) is 0 Å². The highest BCUT2D eigenvalue weighted by atomic mass is 16.5. The minimum absolute atomic E-state index is 0.336. The zero-order valence-corrected chi connectivity index (χ0v) is 18.6. The highest BCUT2D eigenvalue weighted by molar-refractivity contribution is 5.76. The van der Waals surface area contributed by atoms with Gasteiger partial charge in [-0.15, -0.1) is 0 Å². The van der Waals surface area contributed by atoms with Crippen LogP contribution in [-0.4, -0.2) is 31.3 Å². The number of aromatic nitrogens is 2. The molecule has 8 nitrogen and oxygen atoms in total. The van der Waals surface area contributed by atoms with Gasteiger partial charge >= 0.3 is 0 Å². The van der Waals surface area contributed by atoms with Crippen LogP contribution in [0.1, 0.15) is 0 Å². The van der Waals surface area contributed by atoms with Crippen molar-refractivity contribution in [2.45, 2.75) is 0 Å². The molecule has 0 saturated carbocycles. The lowest BCUT2D eigenvalue weighted by atomic mass is 10.2. The number of ether oxygens (including phenoxy) is 3. The maximum absolute atomic E-state index is 6.17. The minimum Gasteiger partial charge on any atom is -0.497 e. The normalized spacial score (nSPS) is 10.4. The molecule has 0 amide bonds. The second-order valence-electron chi connectivity index (χ2n) is 7.06. The zero-order valence-electron chi connectivity index (χ0n) is 18.6. The van der Waals surface area contributed by atoms with E-state index in [2.05, 4.69) is 10.3 Å². The Hall–Kier alpha value is -4.46. The molecule has 0 aliphatic heterocycles. The Labute approximate surface area is 192 Å². The predicted octanol–water partition coefficient (Wildman–Crippen LogP) is 5.30. The monoisotopic (exact) mass is 443 g/mol. The van der Waals surface area contributed by atoms with Crippen molar-refractivity contribution in [3.63, 3.8) is 0 Å². The van der Waals surface area contributed by atoms with Gasteiger partial charge in [0.2, 0.25) is 5.95 Å². The van der Waals surface area contributed by atoms with Crippen molar-refractivity contribution in [3.8, 4) is 17.2 Å². The topological polar surface area (TPSA) is 94.8 Å². The van der Waals surface area contributed by atoms with Crippen molar-refractivity contribution >= 4 is 34.6 Å². The first-order chi connectivity index (χ1) is 16.1. The molecule has 0 unspecified atom stereocenters. The number of nitrogens with zero attached hydrogens (tertiary/aromatic N) is 3. The Morgan fingerprint density at radius 3 is 1.58 bits per heavy atom. The van der Waals surface area contributed by atoms with Crippen molar-refractivity contribution in [2.24, 2.45) is 0 Å². The third-order valence-corrected chi connectivity index (χ3v) is 4.97. The molecule has 4 aromatic rings. The van der Waals surface area contributed by atoms with E-state index in [1.165, 1.54) is 0 Å². The van der Waals surface area contributed by atoms with E-state index in [1.54, 1.807) is 27.4 Å². The maximum Gasteiger partial charge on any atom is 0.231 e. The third-order valence-electron chi connectivity index (χ3n) is 4.97. The summed E-state index contributed by atoms with van der Waals surface area (Å²) in [6, 6.07) is 24.6. The van der Waals surface area contributed by atoms with Crippen LogP contribution in [-0.2, 0) is 0 Å². The molecule has 3 N–H and O–H groups in total. The van der Waals surface area contributed by atoms with E-state index >= 15 is 0 Å². The first kappa shape index (κ1) is 21.8. The summed E-state index contributed by atoms with van der Waals surface area (Å²) in [5, 5.41) is 3.21. The molecule has 33 heavy (non-hydrogen) atoms. The number of nitrogen functional groups attached to an aromatic ring is 1. The summed E-state index contributed by atoms with van der Waals surface area (Å²) in [5.41, 5.74) is 8.75. The molecule has 8 heteroatoms. The highest BCUT2D eigenvalue weighted by Crippen LogP contribution is 2.36. The van der Waals surface area contributed by atoms with Gasteiger partial charge in [0, 0.05) is 23.1 Å². The van der Waals surface area contributed by atoms with Gasteiger partial charge in [-0.05, 0) is 72.8 Å². The fraction of sp³-hybridized carbons (Fsp3) is 0.120. The molecule has 0 fully saturated rings. The zero-order chi connectivity index (χ0) is 23.2. The second kappa shape index (κ2) is 9.78. The van der Waals surface area contributed by atoms with Crippen LogP contribution in [0.15, 0.2) is 78.9 Å². The summed E-state index contributed by atoms with van der Waals surface area (Å²) >= 11 is 0. The van der Waals surface area contributed by atoms with Gasteiger partial charge in [-0.1, -0.05) is 0 Å². The van der Waals surface area contributed by atoms with Gasteiger partial charge in [0.25, 0.3) is 0 Å². The summed E-state index contributed by atoms with van der Waals surface area (Å²) < 4.78 is 15.8. The Morgan fingerprint density at radius 1 is 0.667 bits per heavy atom. The quantitative estimate of drug-likeness (QED) is 0.379. The van der Waals surface area contributed by atoms with Crippen molar-refractivity contribution in [2.75, 3.05) is 37.3 Å². The van der Waals surface area contributed by atoms with Gasteiger partial charge in [-0.3, -0.25) is 4.90 Å². The van der Waals surface area contributed by atoms with E-state index in [-0.39, 0.29) is 0 Å². The van der Waals surface area contributed by atoms with Crippen LogP contribution >= 0.6 is 0 Å². The lowest BCUT2D eigenvalue weighted by Crippen LogP contribution is -2.14. The molecule has 0 aliphatic carbocycles. The fourth-order valence-corrected chi connectivity index (χ4v) is 3.30. The van der Waals surface area contributed by atoms with Crippen molar-refractivity contribution < 1.29 is 14.2 Å². The van der Waals surface area contributed by atoms with Gasteiger partial charge < -0.3 is 25.3 Å². The molecule has 0 spiro atoms. The van der Waals surface area contributed by atoms with Gasteiger partial charge in [-0.2, -0.15) is 9.97 Å². The minimum atomic E-state index is 0.336. The third kappa shape index (κ3) is 5.07. The van der Waals surface area contributed by atoms with Crippen LogP contribution in [0.5, 0.6) is 17.2 Å². The van der Waals surface area contributed by atoms with Crippen LogP contribution < -0.4 is 30.2 Å². The van der Waals surface area contributed by atoms with E-state index in [0.29, 0.717) is 17.6 Å². The average molecular weight is 444 g/mol. The molecule has 168 valence electrons. The number of benzene rings is 3. The van der Waals surface area contributed by atoms with Gasteiger partial charge in [0.15, 0.2) is 0 Å². The molecule has 0 aliphatic rings. The van der Waals surface area contributed by atoms with Crippen LogP contribution in [0.4, 0.5) is 34.6 Å². The molecule has 0 atom stereocenters. The summed E-state index contributed by atoms with van der Waals surface area (Å²) in [6.07, 6.45) is 0. The van der Waals surface area contributed by atoms with E-state index in [9.17, 15) is 0 Å². The first-order valence-electron chi connectivity index (χ1n) is 10.2. The Balaban J connectivity index is 1.74. The van der Waals surface area contributed by atoms with Crippen LogP contribution in [0.2, 0.25) is 0 Å². The molecule has 3 aromatic carbocycles. The number of hydrogen-bond acceptors (Lipinski definition) is 8. The standard InChI is InChI=1S/C25H25N5O3/c1-31-20-10-4-17(5-11-20)27-25-28-23(26)16-24(29-25)30(18-6-12-21(32-2)13-7-18)19-8-14-22(33-3)15-9-19/h4-16H,1-3H3,(H3,26,27,28,29). The van der Waals surface area contributed by atoms with Crippen LogP contribution in [0.3, 0.4) is 0 Å². The number of anilines is 6. The molecule has 0 saturated heterocycles. The Kier molecular flexibility index (Phi) is 6.45. The van der Waals surface area contributed by atoms with Gasteiger partial charge in [0.05, 0.1) is 21.3 Å². The molecule has 4 rings (SSSR count). The smallest absolute Gasteiger partial charge is 0.231 e. The van der Waals surface area contributed by atoms with E-state index in [4.69, 9.17) is 24.9 Å². The number of nitrogens with two attached hydrogens (primary N) is 1. The number of methoxy groups -OCH3 is 3. The highest BCUT2D eigenvalue weighted by Gasteiger charge is 2.16. The van der Waals surface area contributed by atoms with Crippen molar-refractivity contribution in [3.05, 3.63) is 78.9 Å². The first-order valence-corrected chi connectivity index (χ1v) is 10.2. The van der Waals surface area contributed by atoms with Gasteiger partial charge in [-0.25, -0.2) is 0 Å². The van der Waals surface area contributed by atoms with Crippen molar-refractivity contribution in [1.82, 2.24) is 9.97 Å². The number of nitrogens with one attached hydrogen (secondary N) is 1. The molecular weight excluding hydrogens is 418 g/mol. The summed E-state index contributed by atoms with van der Waals surface area (Å²) in [4.78, 5) is 11.1. The summed E-state index contributed by atoms with van der Waals surface area (Å²) in [5.74, 6) is 3.61. The molecule has 0 radical (unpaired) electrons. The molecular formula is C25H25N5O3. The second-order valence-corrected chi connectivity index (χ2v) is 7.06. The Morgan fingerprint density at radius 2 is 1.12 bits per heavy atom. The SMILES string of the molecule is COc1ccc(Nc2nc(N)cc(N(c3ccc(OC)cc3)c3ccc(OC)cc3)n2)cc1. The largest absolute Gasteiger partial charge is 0.497 e. The lowest BCUT2D eigenvalue weighted by molar-refractivity contribution is 0.414. The maximum atomic E-state index is 6.17. The van der Waals surface area contributed by atoms with Gasteiger partial charge in [0.1, 0.15) is 28.9 Å². The average Bonchev–Trinajstić information content (AvgIpc) is 2.85. The van der Waals surface area contributed by atoms with E-state index in [1.807, 2.05) is 77.7 Å². The molecule has 0 bridgehead atoms. The molecule has 1 aromatic heterocycles. The fourth-order valence-electron chi connectivity index (χ4n) is 3.30. The number of rotatable bonds is 8. The Bertz CT molecular complexity index is 1150. The molecule has 1 heterocycles. The summed E-state index contributed by atoms with van der Waals surface area (Å²) in [7, 11) is 4.90.